The molecule has 1 aliphatic heterocycles. The molecule has 1 aliphatic carbocycles. The molecule has 3 N–H and O–H groups in total. The maximum Gasteiger partial charge on any atom is 0.330 e. The maximum absolute atomic E-state index is 12.3. The Hall–Kier alpha value is -2.71. The molecule has 0 bridgehead atoms. The van der Waals surface area contributed by atoms with Gasteiger partial charge in [0.25, 0.3) is 0 Å². The van der Waals surface area contributed by atoms with E-state index >= 15 is 0 Å². The molecular weight excluding hydrogens is 368 g/mol. The monoisotopic (exact) mass is 388 g/mol. The van der Waals surface area contributed by atoms with E-state index in [-0.39, 0.29) is 6.61 Å². The van der Waals surface area contributed by atoms with E-state index in [0.717, 1.165) is 27.2 Å². The fraction of sp³-hybridized carbons (Fsp3) is 0.263. The lowest BCUT2D eigenvalue weighted by Gasteiger charge is -2.25. The van der Waals surface area contributed by atoms with Gasteiger partial charge in [0.05, 0.1) is 12.3 Å². The number of nitrogens with zero attached hydrogens (tertiary/aromatic N) is 1. The van der Waals surface area contributed by atoms with Crippen LogP contribution in [0.5, 0.6) is 5.75 Å². The summed E-state index contributed by atoms with van der Waals surface area (Å²) in [5, 5.41) is 19.6. The molecule has 1 unspecified atom stereocenters. The number of anilines is 1. The van der Waals surface area contributed by atoms with Crippen molar-refractivity contribution in [2.24, 2.45) is 0 Å². The Morgan fingerprint density at radius 3 is 2.67 bits per heavy atom. The third kappa shape index (κ3) is 3.58. The van der Waals surface area contributed by atoms with E-state index in [2.05, 4.69) is 0 Å². The molecule has 0 fully saturated rings. The first-order chi connectivity index (χ1) is 12.9. The largest absolute Gasteiger partial charge is 0.493 e. The molecule has 0 saturated carbocycles. The summed E-state index contributed by atoms with van der Waals surface area (Å²) in [6, 6.07) is 13.1. The lowest BCUT2D eigenvalue weighted by Crippen LogP contribution is -2.30. The molecule has 2 aromatic carbocycles. The Kier molecular flexibility index (Phi) is 4.45. The number of hydrogen-bond donors (Lipinski definition) is 3. The van der Waals surface area contributed by atoms with Crippen LogP contribution in [0.15, 0.2) is 54.5 Å². The Morgan fingerprint density at radius 2 is 1.96 bits per heavy atom. The van der Waals surface area contributed by atoms with E-state index in [0.29, 0.717) is 30.7 Å². The van der Waals surface area contributed by atoms with Gasteiger partial charge in [-0.25, -0.2) is 9.03 Å². The molecule has 7 nitrogen and oxygen atoms in total. The van der Waals surface area contributed by atoms with Crippen LogP contribution in [-0.2, 0) is 29.7 Å². The standard InChI is InChI=1S/C19H20N2O5S/c22-16-7-6-14-9-17(21-11-19(23)20-27(21,24)25)18(10-15(14)8-16)26-12-13-4-2-1-3-5-13/h1-5,9-11,16,20,22-23H,6-8,12H2. The number of aliphatic hydroxyl groups is 2. The van der Waals surface area contributed by atoms with Gasteiger partial charge in [0.1, 0.15) is 18.0 Å². The second-order valence-electron chi connectivity index (χ2n) is 6.68. The van der Waals surface area contributed by atoms with E-state index in [9.17, 15) is 18.6 Å². The molecule has 4 rings (SSSR count). The van der Waals surface area contributed by atoms with Crippen LogP contribution in [0.25, 0.3) is 0 Å². The van der Waals surface area contributed by atoms with Crippen molar-refractivity contribution in [1.82, 2.24) is 4.72 Å². The molecular formula is C19H20N2O5S. The lowest BCUT2D eigenvalue weighted by atomic mass is 9.89. The van der Waals surface area contributed by atoms with Crippen molar-refractivity contribution in [3.8, 4) is 5.75 Å². The molecule has 142 valence electrons. The minimum Gasteiger partial charge on any atom is -0.493 e. The van der Waals surface area contributed by atoms with E-state index in [1.807, 2.05) is 35.1 Å². The molecule has 0 amide bonds. The van der Waals surface area contributed by atoms with Crippen LogP contribution in [0.1, 0.15) is 23.1 Å². The summed E-state index contributed by atoms with van der Waals surface area (Å²) in [5.74, 6) is -0.0693. The number of nitrogens with one attached hydrogen (secondary N) is 1. The van der Waals surface area contributed by atoms with Crippen molar-refractivity contribution >= 4 is 15.9 Å². The summed E-state index contributed by atoms with van der Waals surface area (Å²) in [4.78, 5) is 0. The van der Waals surface area contributed by atoms with E-state index in [4.69, 9.17) is 4.74 Å². The summed E-state index contributed by atoms with van der Waals surface area (Å²) in [5.41, 5.74) is 3.19. The lowest BCUT2D eigenvalue weighted by molar-refractivity contribution is 0.158. The summed E-state index contributed by atoms with van der Waals surface area (Å²) in [7, 11) is -3.92. The van der Waals surface area contributed by atoms with Gasteiger partial charge in [0, 0.05) is 0 Å². The smallest absolute Gasteiger partial charge is 0.330 e. The van der Waals surface area contributed by atoms with Crippen molar-refractivity contribution in [1.29, 1.82) is 0 Å². The fourth-order valence-electron chi connectivity index (χ4n) is 3.36. The van der Waals surface area contributed by atoms with Gasteiger partial charge in [-0.3, -0.25) is 0 Å². The molecule has 2 aliphatic rings. The van der Waals surface area contributed by atoms with Gasteiger partial charge < -0.3 is 14.9 Å². The number of benzene rings is 2. The normalized spacial score (nSPS) is 20.6. The molecule has 1 heterocycles. The molecule has 0 saturated heterocycles. The quantitative estimate of drug-likeness (QED) is 0.745. The molecule has 0 spiro atoms. The van der Waals surface area contributed by atoms with Crippen molar-refractivity contribution in [3.63, 3.8) is 0 Å². The first-order valence-corrected chi connectivity index (χ1v) is 10.1. The van der Waals surface area contributed by atoms with Crippen LogP contribution in [0.4, 0.5) is 5.69 Å². The van der Waals surface area contributed by atoms with Crippen LogP contribution in [0.3, 0.4) is 0 Å². The van der Waals surface area contributed by atoms with E-state index in [1.165, 1.54) is 0 Å². The predicted octanol–water partition coefficient (Wildman–Crippen LogP) is 2.13. The van der Waals surface area contributed by atoms with Crippen LogP contribution in [0.2, 0.25) is 0 Å². The average Bonchev–Trinajstić information content (AvgIpc) is 2.92. The minimum absolute atomic E-state index is 0.270. The number of rotatable bonds is 4. The zero-order valence-corrected chi connectivity index (χ0v) is 15.3. The van der Waals surface area contributed by atoms with Gasteiger partial charge in [-0.15, -0.1) is 0 Å². The summed E-state index contributed by atoms with van der Waals surface area (Å²) < 4.78 is 33.6. The highest BCUT2D eigenvalue weighted by molar-refractivity contribution is 7.91. The molecule has 0 radical (unpaired) electrons. The first kappa shape index (κ1) is 17.7. The summed E-state index contributed by atoms with van der Waals surface area (Å²) in [6.07, 6.45) is 2.49. The third-order valence-electron chi connectivity index (χ3n) is 4.69. The number of fused-ring (bicyclic) bond motifs is 1. The Balaban J connectivity index is 1.74. The van der Waals surface area contributed by atoms with Crippen molar-refractivity contribution in [2.75, 3.05) is 4.31 Å². The predicted molar refractivity (Wildman–Crippen MR) is 100 cm³/mol. The van der Waals surface area contributed by atoms with Crippen molar-refractivity contribution in [3.05, 3.63) is 71.2 Å². The van der Waals surface area contributed by atoms with E-state index < -0.39 is 22.2 Å². The topological polar surface area (TPSA) is 99.1 Å². The van der Waals surface area contributed by atoms with Crippen LogP contribution < -0.4 is 13.8 Å². The highest BCUT2D eigenvalue weighted by atomic mass is 32.2. The molecule has 0 aromatic heterocycles. The molecule has 1 atom stereocenters. The van der Waals surface area contributed by atoms with Gasteiger partial charge in [-0.1, -0.05) is 30.3 Å². The minimum atomic E-state index is -3.92. The van der Waals surface area contributed by atoms with Crippen molar-refractivity contribution in [2.45, 2.75) is 32.0 Å². The highest BCUT2D eigenvalue weighted by Gasteiger charge is 2.32. The highest BCUT2D eigenvalue weighted by Crippen LogP contribution is 2.38. The Morgan fingerprint density at radius 1 is 1.19 bits per heavy atom. The molecule has 8 heteroatoms. The van der Waals surface area contributed by atoms with Gasteiger partial charge >= 0.3 is 10.2 Å². The SMILES string of the molecule is O=S1(=O)NC(O)=CN1c1cc2c(cc1OCc1ccccc1)CC(O)CC2. The molecule has 27 heavy (non-hydrogen) atoms. The van der Waals surface area contributed by atoms with Crippen LogP contribution in [-0.4, -0.2) is 24.7 Å². The molecule has 2 aromatic rings. The maximum atomic E-state index is 12.3. The van der Waals surface area contributed by atoms with Gasteiger partial charge in [-0.05, 0) is 48.1 Å². The van der Waals surface area contributed by atoms with Gasteiger partial charge in [0.2, 0.25) is 5.88 Å². The van der Waals surface area contributed by atoms with Gasteiger partial charge in [-0.2, -0.15) is 8.42 Å². The second-order valence-corrected chi connectivity index (χ2v) is 8.22. The fourth-order valence-corrected chi connectivity index (χ4v) is 4.42. The second kappa shape index (κ2) is 6.79. The first-order valence-electron chi connectivity index (χ1n) is 8.66. The number of ether oxygens (including phenoxy) is 1. The van der Waals surface area contributed by atoms with Crippen LogP contribution in [0, 0.1) is 0 Å². The zero-order chi connectivity index (χ0) is 19.0. The summed E-state index contributed by atoms with van der Waals surface area (Å²) >= 11 is 0. The number of aryl methyl sites for hydroxylation is 1. The van der Waals surface area contributed by atoms with Crippen molar-refractivity contribution < 1.29 is 23.4 Å². The van der Waals surface area contributed by atoms with Crippen LogP contribution >= 0.6 is 0 Å². The average molecular weight is 388 g/mol. The third-order valence-corrected chi connectivity index (χ3v) is 5.98. The van der Waals surface area contributed by atoms with Gasteiger partial charge in [0.15, 0.2) is 0 Å². The van der Waals surface area contributed by atoms with E-state index in [1.54, 1.807) is 12.1 Å². The Labute approximate surface area is 157 Å². The number of hydrogen-bond acceptors (Lipinski definition) is 5. The Bertz CT molecular complexity index is 989. The summed E-state index contributed by atoms with van der Waals surface area (Å²) in [6.45, 7) is 0.270. The number of aliphatic hydroxyl groups excluding tert-OH is 2. The zero-order valence-electron chi connectivity index (χ0n) is 14.5.